The molecule has 1 aliphatic carbocycles. The summed E-state index contributed by atoms with van der Waals surface area (Å²) in [7, 11) is 1.76. The second-order valence-corrected chi connectivity index (χ2v) is 13.4. The van der Waals surface area contributed by atoms with Crippen molar-refractivity contribution in [1.82, 2.24) is 0 Å². The minimum absolute atomic E-state index is 0.118. The van der Waals surface area contributed by atoms with Gasteiger partial charge in [0.05, 0.1) is 33.9 Å². The molecule has 7 heteroatoms. The highest BCUT2D eigenvalue weighted by Gasteiger charge is 2.29. The van der Waals surface area contributed by atoms with Gasteiger partial charge < -0.3 is 23.2 Å². The lowest BCUT2D eigenvalue weighted by atomic mass is 10.0. The van der Waals surface area contributed by atoms with Crippen LogP contribution < -0.4 is 4.89 Å². The molecule has 1 rings (SSSR count). The van der Waals surface area contributed by atoms with Crippen LogP contribution in [0.2, 0.25) is 0 Å². The van der Waals surface area contributed by atoms with Crippen LogP contribution in [0, 0.1) is 5.92 Å². The Balaban J connectivity index is 1.93. The van der Waals surface area contributed by atoms with Gasteiger partial charge in [-0.3, -0.25) is 4.57 Å². The van der Waals surface area contributed by atoms with E-state index in [2.05, 4.69) is 6.92 Å². The average Bonchev–Trinajstić information content (AvgIpc) is 3.26. The van der Waals surface area contributed by atoms with E-state index >= 15 is 0 Å². The minimum atomic E-state index is -4.24. The smallest absolute Gasteiger partial charge is 0.268 e. The van der Waals surface area contributed by atoms with Crippen molar-refractivity contribution >= 4 is 7.82 Å². The Morgan fingerprint density at radius 3 is 1.72 bits per heavy atom. The summed E-state index contributed by atoms with van der Waals surface area (Å²) in [5.74, 6) is 0.148. The topological polar surface area (TPSA) is 67.8 Å². The molecule has 1 fully saturated rings. The van der Waals surface area contributed by atoms with Crippen LogP contribution >= 0.6 is 7.82 Å². The summed E-state index contributed by atoms with van der Waals surface area (Å²) >= 11 is 0. The van der Waals surface area contributed by atoms with E-state index in [1.807, 2.05) is 21.1 Å². The first-order valence-electron chi connectivity index (χ1n) is 15.3. The Labute approximate surface area is 224 Å². The fraction of sp³-hybridized carbons (Fsp3) is 1.00. The molecule has 0 aromatic rings. The molecule has 36 heavy (non-hydrogen) atoms. The normalized spacial score (nSPS) is 20.1. The first-order chi connectivity index (χ1) is 17.2. The number of nitrogens with zero attached hydrogens (tertiary/aromatic N) is 1. The van der Waals surface area contributed by atoms with Gasteiger partial charge in [-0.25, -0.2) is 0 Å². The number of rotatable bonds is 25. The van der Waals surface area contributed by atoms with E-state index in [1.165, 1.54) is 96.3 Å². The van der Waals surface area contributed by atoms with Crippen LogP contribution in [-0.2, 0) is 18.3 Å². The highest BCUT2D eigenvalue weighted by atomic mass is 31.2. The molecule has 0 aromatic carbocycles. The molecule has 0 saturated heterocycles. The quantitative estimate of drug-likeness (QED) is 0.0685. The van der Waals surface area contributed by atoms with Crippen molar-refractivity contribution < 1.29 is 27.7 Å². The second kappa shape index (κ2) is 20.9. The standard InChI is InChI=1S/C29H60NO5P/c1-5-6-7-8-9-10-11-12-13-14-15-16-17-18-19-20-25-33-29-23-21-22-28(29)27-35-36(31,32)34-26-24-30(2,3)4/h28-29H,5-27H2,1-4H3/t28-,29+/m0/s1. The molecule has 0 bridgehead atoms. The predicted molar refractivity (Wildman–Crippen MR) is 149 cm³/mol. The molecule has 0 radical (unpaired) electrons. The molecule has 1 unspecified atom stereocenters. The van der Waals surface area contributed by atoms with Crippen LogP contribution in [0.1, 0.15) is 129 Å². The zero-order valence-corrected chi connectivity index (χ0v) is 25.2. The van der Waals surface area contributed by atoms with Gasteiger partial charge >= 0.3 is 0 Å². The van der Waals surface area contributed by atoms with Crippen molar-refractivity contribution in [3.05, 3.63) is 0 Å². The van der Waals surface area contributed by atoms with Crippen LogP contribution in [0.4, 0.5) is 0 Å². The van der Waals surface area contributed by atoms with Crippen LogP contribution in [0.5, 0.6) is 0 Å². The van der Waals surface area contributed by atoms with Crippen molar-refractivity contribution in [2.45, 2.75) is 135 Å². The average molecular weight is 534 g/mol. The number of hydrogen-bond acceptors (Lipinski definition) is 5. The summed E-state index contributed by atoms with van der Waals surface area (Å²) in [6.45, 7) is 3.99. The fourth-order valence-electron chi connectivity index (χ4n) is 4.95. The third-order valence-electron chi connectivity index (χ3n) is 7.38. The number of unbranched alkanes of at least 4 members (excludes halogenated alkanes) is 15. The maximum absolute atomic E-state index is 12.0. The number of phosphoric acid groups is 1. The predicted octanol–water partition coefficient (Wildman–Crippen LogP) is 7.64. The second-order valence-electron chi connectivity index (χ2n) is 12.0. The molecule has 0 spiro atoms. The van der Waals surface area contributed by atoms with E-state index in [4.69, 9.17) is 13.8 Å². The van der Waals surface area contributed by atoms with E-state index in [0.29, 0.717) is 11.0 Å². The van der Waals surface area contributed by atoms with Crippen LogP contribution in [0.25, 0.3) is 0 Å². The number of phosphoric ester groups is 1. The zero-order valence-electron chi connectivity index (χ0n) is 24.4. The molecule has 0 aromatic heterocycles. The van der Waals surface area contributed by atoms with E-state index in [0.717, 1.165) is 32.3 Å². The number of quaternary nitrogens is 1. The lowest BCUT2D eigenvalue weighted by Crippen LogP contribution is -2.37. The summed E-state index contributed by atoms with van der Waals surface area (Å²) in [5, 5.41) is 0. The highest BCUT2D eigenvalue weighted by Crippen LogP contribution is 2.40. The van der Waals surface area contributed by atoms with Gasteiger partial charge in [-0.2, -0.15) is 0 Å². The summed E-state index contributed by atoms with van der Waals surface area (Å²) in [5.41, 5.74) is 0. The maximum Gasteiger partial charge on any atom is 0.268 e. The Morgan fingerprint density at radius 2 is 1.22 bits per heavy atom. The Hall–Kier alpha value is 0.0300. The van der Waals surface area contributed by atoms with Gasteiger partial charge in [0.1, 0.15) is 13.2 Å². The van der Waals surface area contributed by atoms with Gasteiger partial charge in [0.15, 0.2) is 0 Å². The molecule has 6 nitrogen and oxygen atoms in total. The molecule has 0 heterocycles. The summed E-state index contributed by atoms with van der Waals surface area (Å²) in [4.78, 5) is 12.0. The van der Waals surface area contributed by atoms with E-state index in [1.54, 1.807) is 0 Å². The molecular weight excluding hydrogens is 473 g/mol. The number of likely N-dealkylation sites (N-methyl/N-ethyl adjacent to an activating group) is 1. The molecule has 0 aliphatic heterocycles. The SMILES string of the molecule is CCCCCCCCCCCCCCCCCCO[C@@H]1CCC[C@H]1COP(=O)([O-])OCC[N+](C)(C)C. The van der Waals surface area contributed by atoms with Crippen molar-refractivity contribution in [1.29, 1.82) is 0 Å². The van der Waals surface area contributed by atoms with Crippen LogP contribution in [-0.4, -0.2) is 58.1 Å². The minimum Gasteiger partial charge on any atom is -0.756 e. The van der Waals surface area contributed by atoms with Crippen molar-refractivity contribution in [3.8, 4) is 0 Å². The van der Waals surface area contributed by atoms with Crippen molar-refractivity contribution in [2.24, 2.45) is 5.92 Å². The molecule has 216 valence electrons. The maximum atomic E-state index is 12.0. The summed E-state index contributed by atoms with van der Waals surface area (Å²) in [6.07, 6.45) is 25.0. The molecule has 0 amide bonds. The monoisotopic (exact) mass is 533 g/mol. The molecule has 0 N–H and O–H groups in total. The lowest BCUT2D eigenvalue weighted by molar-refractivity contribution is -0.870. The van der Waals surface area contributed by atoms with Gasteiger partial charge in [0.2, 0.25) is 0 Å². The molecule has 1 aliphatic rings. The molecule has 1 saturated carbocycles. The first kappa shape index (κ1) is 34.1. The summed E-state index contributed by atoms with van der Waals surface area (Å²) in [6, 6.07) is 0. The lowest BCUT2D eigenvalue weighted by Gasteiger charge is -2.28. The van der Waals surface area contributed by atoms with Gasteiger partial charge in [0.25, 0.3) is 7.82 Å². The number of hydrogen-bond donors (Lipinski definition) is 0. The zero-order chi connectivity index (χ0) is 26.5. The van der Waals surface area contributed by atoms with Gasteiger partial charge in [0, 0.05) is 12.5 Å². The van der Waals surface area contributed by atoms with E-state index in [-0.39, 0.29) is 25.2 Å². The highest BCUT2D eigenvalue weighted by molar-refractivity contribution is 7.45. The Morgan fingerprint density at radius 1 is 0.722 bits per heavy atom. The van der Waals surface area contributed by atoms with Gasteiger partial charge in [-0.05, 0) is 19.3 Å². The van der Waals surface area contributed by atoms with Crippen LogP contribution in [0.15, 0.2) is 0 Å². The molecule has 3 atom stereocenters. The largest absolute Gasteiger partial charge is 0.756 e. The fourth-order valence-corrected chi connectivity index (χ4v) is 5.70. The molecular formula is C29H60NO5P. The van der Waals surface area contributed by atoms with E-state index < -0.39 is 7.82 Å². The van der Waals surface area contributed by atoms with Gasteiger partial charge in [-0.15, -0.1) is 0 Å². The Kier molecular flexibility index (Phi) is 19.8. The van der Waals surface area contributed by atoms with Crippen LogP contribution in [0.3, 0.4) is 0 Å². The van der Waals surface area contributed by atoms with Gasteiger partial charge in [-0.1, -0.05) is 110 Å². The summed E-state index contributed by atoms with van der Waals surface area (Å²) < 4.78 is 29.0. The van der Waals surface area contributed by atoms with E-state index in [9.17, 15) is 9.46 Å². The third-order valence-corrected chi connectivity index (χ3v) is 8.34. The van der Waals surface area contributed by atoms with Crippen molar-refractivity contribution in [2.75, 3.05) is 47.5 Å². The van der Waals surface area contributed by atoms with Crippen molar-refractivity contribution in [3.63, 3.8) is 0 Å². The first-order valence-corrected chi connectivity index (χ1v) is 16.7. The Bertz CT molecular complexity index is 554. The number of ether oxygens (including phenoxy) is 1. The third kappa shape index (κ3) is 20.1.